The third-order valence-electron chi connectivity index (χ3n) is 3.32. The summed E-state index contributed by atoms with van der Waals surface area (Å²) in [6.45, 7) is 0.293. The number of hydrogen-bond acceptors (Lipinski definition) is 2. The molecule has 0 N–H and O–H groups in total. The summed E-state index contributed by atoms with van der Waals surface area (Å²) in [5.41, 5.74) is 0.843. The lowest BCUT2D eigenvalue weighted by atomic mass is 10.2. The number of nitrogens with zero attached hydrogens (tertiary/aromatic N) is 1. The Hall–Kier alpha value is -2.62. The van der Waals surface area contributed by atoms with Gasteiger partial charge in [0.15, 0.2) is 0 Å². The minimum Gasteiger partial charge on any atom is -0.459 e. The summed E-state index contributed by atoms with van der Waals surface area (Å²) in [7, 11) is 1.63. The lowest BCUT2D eigenvalue weighted by Crippen LogP contribution is -2.26. The molecule has 0 unspecified atom stereocenters. The molecule has 106 valence electrons. The highest BCUT2D eigenvalue weighted by atomic mass is 19.1. The summed E-state index contributed by atoms with van der Waals surface area (Å²) >= 11 is 0. The second-order valence-electron chi connectivity index (χ2n) is 4.89. The first-order valence-corrected chi connectivity index (χ1v) is 6.62. The molecule has 2 aromatic carbocycles. The van der Waals surface area contributed by atoms with Crippen LogP contribution in [0.15, 0.2) is 59.0 Å². The normalized spacial score (nSPS) is 10.8. The molecule has 3 nitrogen and oxygen atoms in total. The monoisotopic (exact) mass is 283 g/mol. The highest BCUT2D eigenvalue weighted by Gasteiger charge is 2.17. The molecule has 3 aromatic rings. The number of fused-ring (bicyclic) bond motifs is 1. The summed E-state index contributed by atoms with van der Waals surface area (Å²) in [4.78, 5) is 13.7. The van der Waals surface area contributed by atoms with Crippen LogP contribution in [0.1, 0.15) is 16.1 Å². The van der Waals surface area contributed by atoms with Crippen molar-refractivity contribution in [1.82, 2.24) is 4.90 Å². The van der Waals surface area contributed by atoms with E-state index in [0.29, 0.717) is 12.3 Å². The van der Waals surface area contributed by atoms with E-state index in [-0.39, 0.29) is 11.5 Å². The van der Waals surface area contributed by atoms with Crippen LogP contribution < -0.4 is 0 Å². The van der Waals surface area contributed by atoms with E-state index in [1.165, 1.54) is 17.0 Å². The van der Waals surface area contributed by atoms with Crippen molar-refractivity contribution < 1.29 is 13.6 Å². The van der Waals surface area contributed by atoms with Gasteiger partial charge >= 0.3 is 0 Å². The maximum atomic E-state index is 13.6. The van der Waals surface area contributed by atoms with Crippen LogP contribution in [0.4, 0.5) is 4.39 Å². The largest absolute Gasteiger partial charge is 0.459 e. The first-order chi connectivity index (χ1) is 10.1. The molecule has 1 heterocycles. The van der Waals surface area contributed by atoms with E-state index in [0.717, 1.165) is 11.0 Å². The van der Waals surface area contributed by atoms with Crippen molar-refractivity contribution >= 4 is 16.9 Å². The smallest absolute Gasteiger partial charge is 0.256 e. The molecule has 0 bridgehead atoms. The Morgan fingerprint density at radius 2 is 1.86 bits per heavy atom. The first-order valence-electron chi connectivity index (χ1n) is 6.62. The van der Waals surface area contributed by atoms with E-state index in [9.17, 15) is 9.18 Å². The molecule has 3 rings (SSSR count). The van der Waals surface area contributed by atoms with E-state index in [4.69, 9.17) is 4.42 Å². The number of hydrogen-bond donors (Lipinski definition) is 0. The maximum Gasteiger partial charge on any atom is 0.256 e. The number of carbonyl (C=O) groups excluding carboxylic acids is 1. The molecule has 0 spiro atoms. The molecule has 1 amide bonds. The maximum absolute atomic E-state index is 13.6. The van der Waals surface area contributed by atoms with Gasteiger partial charge in [-0.25, -0.2) is 4.39 Å². The third-order valence-corrected chi connectivity index (χ3v) is 3.32. The predicted molar refractivity (Wildman–Crippen MR) is 78.4 cm³/mol. The molecule has 0 aliphatic rings. The summed E-state index contributed by atoms with van der Waals surface area (Å²) < 4.78 is 19.3. The molecular formula is C17H14FNO2. The highest BCUT2D eigenvalue weighted by molar-refractivity contribution is 5.94. The molecule has 4 heteroatoms. The number of furan rings is 1. The number of halogens is 1. The van der Waals surface area contributed by atoms with Gasteiger partial charge in [-0.3, -0.25) is 4.79 Å². The van der Waals surface area contributed by atoms with Crippen molar-refractivity contribution in [2.75, 3.05) is 7.05 Å². The van der Waals surface area contributed by atoms with Crippen molar-refractivity contribution in [2.45, 2.75) is 6.54 Å². The molecule has 0 atom stereocenters. The topological polar surface area (TPSA) is 33.5 Å². The van der Waals surface area contributed by atoms with Crippen LogP contribution in [-0.4, -0.2) is 17.9 Å². The molecule has 0 radical (unpaired) electrons. The zero-order chi connectivity index (χ0) is 14.8. The van der Waals surface area contributed by atoms with Gasteiger partial charge in [-0.1, -0.05) is 30.3 Å². The molecule has 0 saturated heterocycles. The average molecular weight is 283 g/mol. The quantitative estimate of drug-likeness (QED) is 0.731. The van der Waals surface area contributed by atoms with Crippen LogP contribution in [0.5, 0.6) is 0 Å². The Balaban J connectivity index is 1.81. The fraction of sp³-hybridized carbons (Fsp3) is 0.118. The van der Waals surface area contributed by atoms with Gasteiger partial charge in [0.05, 0.1) is 12.1 Å². The second kappa shape index (κ2) is 5.40. The van der Waals surface area contributed by atoms with Crippen molar-refractivity contribution in [2.24, 2.45) is 0 Å². The molecule has 0 aliphatic heterocycles. The van der Waals surface area contributed by atoms with E-state index in [2.05, 4.69) is 0 Å². The van der Waals surface area contributed by atoms with Gasteiger partial charge in [-0.15, -0.1) is 0 Å². The lowest BCUT2D eigenvalue weighted by Gasteiger charge is -2.16. The number of carbonyl (C=O) groups is 1. The van der Waals surface area contributed by atoms with Crippen LogP contribution in [-0.2, 0) is 6.54 Å². The van der Waals surface area contributed by atoms with Gasteiger partial charge in [0.25, 0.3) is 5.91 Å². The summed E-state index contributed by atoms with van der Waals surface area (Å²) in [6.07, 6.45) is 0. The summed E-state index contributed by atoms with van der Waals surface area (Å²) in [5.74, 6) is -0.212. The standard InChI is InChI=1S/C17H14FNO2/c1-19(17(20)14-7-3-4-8-15(14)18)11-13-10-12-6-2-5-9-16(12)21-13/h2-10H,11H2,1H3. The van der Waals surface area contributed by atoms with Crippen molar-refractivity contribution in [3.05, 3.63) is 71.7 Å². The Morgan fingerprint density at radius 1 is 1.14 bits per heavy atom. The van der Waals surface area contributed by atoms with Gasteiger partial charge in [0.2, 0.25) is 0 Å². The minimum absolute atomic E-state index is 0.0658. The molecule has 1 aromatic heterocycles. The highest BCUT2D eigenvalue weighted by Crippen LogP contribution is 2.20. The van der Waals surface area contributed by atoms with Crippen molar-refractivity contribution in [3.8, 4) is 0 Å². The van der Waals surface area contributed by atoms with Crippen molar-refractivity contribution in [3.63, 3.8) is 0 Å². The second-order valence-corrected chi connectivity index (χ2v) is 4.89. The average Bonchev–Trinajstić information content (AvgIpc) is 2.89. The van der Waals surface area contributed by atoms with Crippen LogP contribution in [0.2, 0.25) is 0 Å². The number of amides is 1. The minimum atomic E-state index is -0.515. The predicted octanol–water partition coefficient (Wildman–Crippen LogP) is 3.84. The Bertz CT molecular complexity index is 761. The molecule has 0 aliphatic carbocycles. The molecular weight excluding hydrogens is 269 g/mol. The van der Waals surface area contributed by atoms with Gasteiger partial charge in [0.1, 0.15) is 17.2 Å². The van der Waals surface area contributed by atoms with E-state index < -0.39 is 5.82 Å². The van der Waals surface area contributed by atoms with Gasteiger partial charge in [0, 0.05) is 12.4 Å². The fourth-order valence-electron chi connectivity index (χ4n) is 2.26. The Labute approximate surface area is 121 Å². The van der Waals surface area contributed by atoms with Crippen LogP contribution >= 0.6 is 0 Å². The number of rotatable bonds is 3. The molecule has 21 heavy (non-hydrogen) atoms. The van der Waals surface area contributed by atoms with E-state index in [1.54, 1.807) is 19.2 Å². The van der Waals surface area contributed by atoms with Crippen LogP contribution in [0.3, 0.4) is 0 Å². The fourth-order valence-corrected chi connectivity index (χ4v) is 2.26. The van der Waals surface area contributed by atoms with Gasteiger partial charge < -0.3 is 9.32 Å². The molecule has 0 saturated carbocycles. The summed E-state index contributed by atoms with van der Waals surface area (Å²) in [5, 5.41) is 0.985. The van der Waals surface area contributed by atoms with Crippen molar-refractivity contribution in [1.29, 1.82) is 0 Å². The van der Waals surface area contributed by atoms with Gasteiger partial charge in [-0.05, 0) is 24.3 Å². The van der Waals surface area contributed by atoms with E-state index in [1.807, 2.05) is 30.3 Å². The Kier molecular flexibility index (Phi) is 3.44. The first kappa shape index (κ1) is 13.4. The van der Waals surface area contributed by atoms with Crippen LogP contribution in [0, 0.1) is 5.82 Å². The number of benzene rings is 2. The van der Waals surface area contributed by atoms with Crippen LogP contribution in [0.25, 0.3) is 11.0 Å². The van der Waals surface area contributed by atoms with E-state index >= 15 is 0 Å². The zero-order valence-electron chi connectivity index (χ0n) is 11.5. The SMILES string of the molecule is CN(Cc1cc2ccccc2o1)C(=O)c1ccccc1F. The third kappa shape index (κ3) is 2.65. The summed E-state index contributed by atoms with van der Waals surface area (Å²) in [6, 6.07) is 15.5. The Morgan fingerprint density at radius 3 is 2.62 bits per heavy atom. The van der Waals surface area contributed by atoms with Gasteiger partial charge in [-0.2, -0.15) is 0 Å². The lowest BCUT2D eigenvalue weighted by molar-refractivity contribution is 0.0771. The number of para-hydroxylation sites is 1. The zero-order valence-corrected chi connectivity index (χ0v) is 11.5. The molecule has 0 fully saturated rings.